The highest BCUT2D eigenvalue weighted by Crippen LogP contribution is 2.56. The Morgan fingerprint density at radius 2 is 1.03 bits per heavy atom. The molecule has 2 aliphatic carbocycles. The van der Waals surface area contributed by atoms with Crippen LogP contribution in [-0.2, 0) is 21.7 Å². The van der Waals surface area contributed by atoms with Crippen molar-refractivity contribution in [1.29, 1.82) is 0 Å². The van der Waals surface area contributed by atoms with E-state index >= 15 is 0 Å². The molecule has 3 heteroatoms. The molecule has 0 N–H and O–H groups in total. The van der Waals surface area contributed by atoms with Gasteiger partial charge in [0.1, 0.15) is 22.3 Å². The van der Waals surface area contributed by atoms with Gasteiger partial charge in [-0.2, -0.15) is 0 Å². The van der Waals surface area contributed by atoms with E-state index in [1.54, 1.807) is 0 Å². The fourth-order valence-corrected chi connectivity index (χ4v) is 10.4. The fourth-order valence-electron chi connectivity index (χ4n) is 10.4. The van der Waals surface area contributed by atoms with E-state index in [9.17, 15) is 0 Å². The van der Waals surface area contributed by atoms with Crippen LogP contribution in [0.1, 0.15) is 103 Å². The van der Waals surface area contributed by atoms with Gasteiger partial charge in [-0.25, -0.2) is 0 Å². The Morgan fingerprint density at radius 3 is 1.83 bits per heavy atom. The third-order valence-corrected chi connectivity index (χ3v) is 13.7. The minimum Gasteiger partial charge on any atom is -0.456 e. The van der Waals surface area contributed by atoms with E-state index in [0.29, 0.717) is 0 Å². The first kappa shape index (κ1) is 36.1. The number of anilines is 3. The first-order chi connectivity index (χ1) is 28.0. The highest BCUT2D eigenvalue weighted by Gasteiger charge is 2.40. The molecule has 3 nitrogen and oxygen atoms in total. The molecule has 2 aliphatic rings. The summed E-state index contributed by atoms with van der Waals surface area (Å²) >= 11 is 0. The van der Waals surface area contributed by atoms with Crippen LogP contribution in [0.2, 0.25) is 0 Å². The maximum absolute atomic E-state index is 7.20. The van der Waals surface area contributed by atoms with Crippen LogP contribution in [0.15, 0.2) is 136 Å². The van der Waals surface area contributed by atoms with E-state index in [2.05, 4.69) is 195 Å². The normalized spacial score (nSPS) is 15.2. The minimum atomic E-state index is -0.207. The van der Waals surface area contributed by atoms with Crippen molar-refractivity contribution >= 4 is 60.9 Å². The molecular weight excluding hydrogens is 719 g/mol. The lowest BCUT2D eigenvalue weighted by Gasteiger charge is -2.29. The predicted molar refractivity (Wildman–Crippen MR) is 248 cm³/mol. The molecule has 0 saturated heterocycles. The molecule has 0 bridgehead atoms. The number of para-hydroxylation sites is 1. The second-order valence-corrected chi connectivity index (χ2v) is 20.2. The molecule has 292 valence electrons. The number of rotatable bonds is 3. The lowest BCUT2D eigenvalue weighted by molar-refractivity contribution is 0.559. The summed E-state index contributed by atoms with van der Waals surface area (Å²) in [5.41, 5.74) is 19.6. The molecule has 0 aliphatic heterocycles. The lowest BCUT2D eigenvalue weighted by Crippen LogP contribution is -2.17. The summed E-state index contributed by atoms with van der Waals surface area (Å²) in [7, 11) is 0. The van der Waals surface area contributed by atoms with Crippen LogP contribution in [0.4, 0.5) is 17.1 Å². The monoisotopic (exact) mass is 769 g/mol. The molecule has 2 heterocycles. The van der Waals surface area contributed by atoms with E-state index in [0.717, 1.165) is 50.2 Å². The van der Waals surface area contributed by atoms with Crippen LogP contribution in [0.5, 0.6) is 0 Å². The van der Waals surface area contributed by atoms with Gasteiger partial charge in [-0.05, 0) is 104 Å². The first-order valence-corrected chi connectivity index (χ1v) is 21.2. The third-order valence-electron chi connectivity index (χ3n) is 13.7. The summed E-state index contributed by atoms with van der Waals surface area (Å²) in [4.78, 5) is 2.42. The molecule has 0 atom stereocenters. The topological polar surface area (TPSA) is 29.5 Å². The number of fused-ring (bicyclic) bond motifs is 13. The Hall–Kier alpha value is -6.06. The Kier molecular flexibility index (Phi) is 7.20. The van der Waals surface area contributed by atoms with Crippen molar-refractivity contribution in [2.24, 2.45) is 0 Å². The van der Waals surface area contributed by atoms with Gasteiger partial charge in [-0.1, -0.05) is 142 Å². The van der Waals surface area contributed by atoms with Crippen LogP contribution in [-0.4, -0.2) is 0 Å². The van der Waals surface area contributed by atoms with E-state index in [-0.39, 0.29) is 21.7 Å². The number of benzene rings is 7. The van der Waals surface area contributed by atoms with Gasteiger partial charge in [0.15, 0.2) is 0 Å². The van der Waals surface area contributed by atoms with Crippen molar-refractivity contribution in [3.05, 3.63) is 161 Å². The highest BCUT2D eigenvalue weighted by molar-refractivity contribution is 6.13. The van der Waals surface area contributed by atoms with Crippen molar-refractivity contribution in [3.8, 4) is 22.3 Å². The Morgan fingerprint density at radius 1 is 0.424 bits per heavy atom. The summed E-state index contributed by atoms with van der Waals surface area (Å²) in [6.45, 7) is 23.2. The number of hydrogen-bond acceptors (Lipinski definition) is 3. The summed E-state index contributed by atoms with van der Waals surface area (Å²) in [6.07, 6.45) is 0. The van der Waals surface area contributed by atoms with Crippen LogP contribution < -0.4 is 4.90 Å². The summed E-state index contributed by atoms with van der Waals surface area (Å²) in [5.74, 6) is 0. The van der Waals surface area contributed by atoms with Crippen molar-refractivity contribution in [3.63, 3.8) is 0 Å². The Bertz CT molecular complexity index is 3240. The third kappa shape index (κ3) is 5.06. The van der Waals surface area contributed by atoms with Crippen LogP contribution in [0.25, 0.3) is 66.1 Å². The van der Waals surface area contributed by atoms with E-state index in [1.807, 2.05) is 6.07 Å². The molecular formula is C56H51NO2. The molecule has 11 rings (SSSR count). The van der Waals surface area contributed by atoms with Crippen LogP contribution >= 0.6 is 0 Å². The molecule has 7 aromatic carbocycles. The largest absolute Gasteiger partial charge is 0.456 e. The summed E-state index contributed by atoms with van der Waals surface area (Å²) < 4.78 is 13.7. The summed E-state index contributed by atoms with van der Waals surface area (Å²) in [6, 6.07) is 47.4. The van der Waals surface area contributed by atoms with Gasteiger partial charge in [0.25, 0.3) is 0 Å². The molecule has 0 fully saturated rings. The van der Waals surface area contributed by atoms with Gasteiger partial charge >= 0.3 is 0 Å². The van der Waals surface area contributed by atoms with Crippen molar-refractivity contribution in [2.75, 3.05) is 4.90 Å². The number of furan rings is 2. The standard InChI is InChI=1S/C56H51NO2/c1-53(2,3)32-27-41-40-24-26-45-50(52(40)59-51(41)47(28-32)54(4,5)6)42-29-33(21-25-44(42)55(45,7)8)57(35-20-23-39-38-16-12-14-18-48(38)58-49(39)31-35)34-19-22-37-36-15-11-13-17-43(36)56(9,10)46(37)30-34/h11-31H,1-10H3. The summed E-state index contributed by atoms with van der Waals surface area (Å²) in [5, 5.41) is 4.63. The lowest BCUT2D eigenvalue weighted by atomic mass is 9.79. The van der Waals surface area contributed by atoms with Gasteiger partial charge in [0.05, 0.1) is 0 Å². The molecule has 0 spiro atoms. The fraction of sp³-hybridized carbons (Fsp3) is 0.250. The second-order valence-electron chi connectivity index (χ2n) is 20.2. The van der Waals surface area contributed by atoms with Gasteiger partial charge in [0, 0.05) is 66.6 Å². The van der Waals surface area contributed by atoms with Gasteiger partial charge < -0.3 is 13.7 Å². The predicted octanol–water partition coefficient (Wildman–Crippen LogP) is 16.2. The second kappa shape index (κ2) is 11.8. The smallest absolute Gasteiger partial charge is 0.143 e. The maximum Gasteiger partial charge on any atom is 0.143 e. The molecule has 9 aromatic rings. The van der Waals surface area contributed by atoms with Gasteiger partial charge in [-0.3, -0.25) is 0 Å². The van der Waals surface area contributed by atoms with E-state index < -0.39 is 0 Å². The Balaban J connectivity index is 1.16. The zero-order valence-corrected chi connectivity index (χ0v) is 35.9. The zero-order chi connectivity index (χ0) is 41.0. The maximum atomic E-state index is 7.20. The quantitative estimate of drug-likeness (QED) is 0.179. The van der Waals surface area contributed by atoms with Crippen molar-refractivity contribution < 1.29 is 8.83 Å². The number of nitrogens with zero attached hydrogens (tertiary/aromatic N) is 1. The van der Waals surface area contributed by atoms with Crippen molar-refractivity contribution in [1.82, 2.24) is 0 Å². The van der Waals surface area contributed by atoms with Gasteiger partial charge in [-0.15, -0.1) is 0 Å². The molecule has 0 amide bonds. The van der Waals surface area contributed by atoms with Gasteiger partial charge in [0.2, 0.25) is 0 Å². The minimum absolute atomic E-state index is 0.00239. The first-order valence-electron chi connectivity index (χ1n) is 21.2. The number of hydrogen-bond donors (Lipinski definition) is 0. The molecule has 0 saturated carbocycles. The zero-order valence-electron chi connectivity index (χ0n) is 35.9. The SMILES string of the molecule is CC(C)(C)c1cc(C(C)(C)C)c2oc3c4c(ccc3c2c1)C(C)(C)c1ccc(N(c2ccc3c(c2)C(C)(C)c2ccccc2-3)c2ccc3c(c2)oc2ccccc23)cc1-4. The highest BCUT2D eigenvalue weighted by atomic mass is 16.3. The average Bonchev–Trinajstić information content (AvgIpc) is 3.89. The molecule has 2 aromatic heterocycles. The molecule has 0 unspecified atom stereocenters. The van der Waals surface area contributed by atoms with E-state index in [4.69, 9.17) is 8.83 Å². The van der Waals surface area contributed by atoms with E-state index in [1.165, 1.54) is 66.4 Å². The average molecular weight is 770 g/mol. The molecule has 0 radical (unpaired) electrons. The van der Waals surface area contributed by atoms with Crippen LogP contribution in [0.3, 0.4) is 0 Å². The van der Waals surface area contributed by atoms with Crippen LogP contribution in [0, 0.1) is 0 Å². The molecule has 59 heavy (non-hydrogen) atoms. The Labute approximate surface area is 347 Å². The van der Waals surface area contributed by atoms with Crippen molar-refractivity contribution in [2.45, 2.75) is 90.9 Å².